The molecular weight excluding hydrogens is 297 g/mol. The Hall–Kier alpha value is -1.00. The van der Waals surface area contributed by atoms with Gasteiger partial charge in [-0.05, 0) is 0 Å². The molecule has 0 saturated heterocycles. The first-order valence-corrected chi connectivity index (χ1v) is 2.49. The second-order valence-corrected chi connectivity index (χ2v) is 1.61. The van der Waals surface area contributed by atoms with Gasteiger partial charge in [-0.2, -0.15) is 26.3 Å². The zero-order chi connectivity index (χ0) is 12.2. The molecule has 12 heteroatoms. The van der Waals surface area contributed by atoms with Crippen LogP contribution in [0.1, 0.15) is 0 Å². The molecule has 4 N–H and O–H groups in total. The Balaban J connectivity index is -0.0000000800. The van der Waals surface area contributed by atoms with Gasteiger partial charge >= 0.3 is 24.3 Å². The summed E-state index contributed by atoms with van der Waals surface area (Å²) in [5.74, 6) is -5.51. The van der Waals surface area contributed by atoms with Crippen molar-refractivity contribution in [2.75, 3.05) is 0 Å². The van der Waals surface area contributed by atoms with Gasteiger partial charge in [0.2, 0.25) is 0 Å². The number of alkyl halides is 6. The first-order chi connectivity index (χ1) is 5.89. The maximum atomic E-state index is 10.6. The van der Waals surface area contributed by atoms with E-state index in [0.717, 1.165) is 0 Å². The second kappa shape index (κ2) is 8.19. The molecule has 0 aliphatic carbocycles. The van der Waals surface area contributed by atoms with Gasteiger partial charge in [0.15, 0.2) is 0 Å². The number of rotatable bonds is 0. The van der Waals surface area contributed by atoms with E-state index in [9.17, 15) is 26.3 Å². The van der Waals surface area contributed by atoms with Crippen LogP contribution in [0.25, 0.3) is 0 Å². The summed E-state index contributed by atoms with van der Waals surface area (Å²) in [7, 11) is 0. The Labute approximate surface area is 93.8 Å². The molecule has 0 saturated carbocycles. The van der Waals surface area contributed by atoms with Crippen molar-refractivity contribution in [3.8, 4) is 0 Å². The summed E-state index contributed by atoms with van der Waals surface area (Å²) in [6, 6.07) is 0. The molecule has 0 spiro atoms. The van der Waals surface area contributed by atoms with E-state index in [0.29, 0.717) is 0 Å². The summed E-state index contributed by atoms with van der Waals surface area (Å²) in [5.41, 5.74) is 0. The van der Waals surface area contributed by atoms with Crippen molar-refractivity contribution in [3.63, 3.8) is 0 Å². The summed E-state index contributed by atoms with van der Waals surface area (Å²) in [5, 5.41) is 14.2. The van der Waals surface area contributed by atoms with Gasteiger partial charge in [-0.1, -0.05) is 0 Å². The predicted octanol–water partition coefficient (Wildman–Crippen LogP) is 0.439. The van der Waals surface area contributed by atoms with Crippen molar-refractivity contribution in [2.45, 2.75) is 12.4 Å². The van der Waals surface area contributed by atoms with Crippen molar-refractivity contribution >= 4 is 11.9 Å². The van der Waals surface area contributed by atoms with Crippen molar-refractivity contribution in [1.82, 2.24) is 0 Å². The Kier molecular flexibility index (Phi) is 12.4. The van der Waals surface area contributed by atoms with Crippen LogP contribution in [0.5, 0.6) is 0 Å². The number of aliphatic carboxylic acids is 2. The molecule has 0 fully saturated rings. The Morgan fingerprint density at radius 3 is 0.812 bits per heavy atom. The molecule has 0 aliphatic rings. The smallest absolute Gasteiger partial charge is 0.475 e. The molecule has 0 aromatic carbocycles. The summed E-state index contributed by atoms with van der Waals surface area (Å²) in [6.45, 7) is 0. The minimum absolute atomic E-state index is 0. The Bertz CT molecular complexity index is 198. The van der Waals surface area contributed by atoms with Crippen molar-refractivity contribution in [1.29, 1.82) is 0 Å². The van der Waals surface area contributed by atoms with Gasteiger partial charge in [0.05, 0.1) is 0 Å². The standard InChI is InChI=1S/2C2HF3O2.Mn.H2O/c2*3-2(4,5)1(6)7;;/h2*(H,6,7);;1H2. The minimum Gasteiger partial charge on any atom is -0.475 e. The van der Waals surface area contributed by atoms with E-state index in [2.05, 4.69) is 0 Å². The predicted molar refractivity (Wildman–Crippen MR) is 31.0 cm³/mol. The van der Waals surface area contributed by atoms with Crippen LogP contribution in [0.3, 0.4) is 0 Å². The molecule has 0 amide bonds. The van der Waals surface area contributed by atoms with Crippen molar-refractivity contribution in [3.05, 3.63) is 0 Å². The molecule has 0 aliphatic heterocycles. The molecule has 0 atom stereocenters. The van der Waals surface area contributed by atoms with Crippen LogP contribution in [0.2, 0.25) is 0 Å². The Morgan fingerprint density at radius 1 is 0.750 bits per heavy atom. The molecule has 16 heavy (non-hydrogen) atoms. The normalized spacial score (nSPS) is 9.88. The van der Waals surface area contributed by atoms with E-state index >= 15 is 0 Å². The third-order valence-corrected chi connectivity index (χ3v) is 0.485. The van der Waals surface area contributed by atoms with Crippen LogP contribution < -0.4 is 0 Å². The fourth-order valence-electron chi connectivity index (χ4n) is 0. The third-order valence-electron chi connectivity index (χ3n) is 0.485. The van der Waals surface area contributed by atoms with Crippen molar-refractivity contribution in [2.24, 2.45) is 0 Å². The van der Waals surface area contributed by atoms with E-state index in [4.69, 9.17) is 19.8 Å². The molecule has 0 unspecified atom stereocenters. The van der Waals surface area contributed by atoms with E-state index in [1.165, 1.54) is 0 Å². The first kappa shape index (κ1) is 24.3. The average molecular weight is 301 g/mol. The molecule has 99 valence electrons. The van der Waals surface area contributed by atoms with E-state index in [1.807, 2.05) is 0 Å². The maximum absolute atomic E-state index is 10.6. The van der Waals surface area contributed by atoms with Gasteiger partial charge in [0, 0.05) is 17.1 Å². The van der Waals surface area contributed by atoms with E-state index in [1.54, 1.807) is 0 Å². The number of carboxylic acids is 2. The zero-order valence-corrected chi connectivity index (χ0v) is 8.04. The van der Waals surface area contributed by atoms with Gasteiger partial charge in [0.25, 0.3) is 0 Å². The van der Waals surface area contributed by atoms with Gasteiger partial charge in [-0.15, -0.1) is 0 Å². The largest absolute Gasteiger partial charge is 0.490 e. The van der Waals surface area contributed by atoms with Gasteiger partial charge in [0.1, 0.15) is 0 Å². The SMILES string of the molecule is O.O=C(O)C(F)(F)F.O=C(O)C(F)(F)F.[Mn]. The minimum atomic E-state index is -5.08. The van der Waals surface area contributed by atoms with Crippen LogP contribution in [-0.2, 0) is 26.7 Å². The quantitative estimate of drug-likeness (QED) is 0.500. The third kappa shape index (κ3) is 15.5. The monoisotopic (exact) mass is 301 g/mol. The summed E-state index contributed by atoms with van der Waals surface area (Å²) in [4.78, 5) is 17.8. The number of carbonyl (C=O) groups is 2. The number of carboxylic acid groups (broad SMARTS) is 2. The van der Waals surface area contributed by atoms with Gasteiger partial charge < -0.3 is 15.7 Å². The van der Waals surface area contributed by atoms with Crippen LogP contribution >= 0.6 is 0 Å². The molecule has 0 heterocycles. The van der Waals surface area contributed by atoms with Crippen LogP contribution in [-0.4, -0.2) is 40.0 Å². The zero-order valence-electron chi connectivity index (χ0n) is 6.86. The van der Waals surface area contributed by atoms with Gasteiger partial charge in [-0.25, -0.2) is 9.59 Å². The summed E-state index contributed by atoms with van der Waals surface area (Å²) < 4.78 is 63.5. The fourth-order valence-corrected chi connectivity index (χ4v) is 0. The van der Waals surface area contributed by atoms with Crippen LogP contribution in [0.15, 0.2) is 0 Å². The number of halogens is 6. The molecule has 0 rings (SSSR count). The Morgan fingerprint density at radius 2 is 0.812 bits per heavy atom. The van der Waals surface area contributed by atoms with E-state index in [-0.39, 0.29) is 22.5 Å². The second-order valence-electron chi connectivity index (χ2n) is 1.61. The maximum Gasteiger partial charge on any atom is 0.490 e. The molecule has 0 bridgehead atoms. The summed E-state index contributed by atoms with van der Waals surface area (Å²) in [6.07, 6.45) is -10.2. The molecule has 0 aromatic heterocycles. The summed E-state index contributed by atoms with van der Waals surface area (Å²) >= 11 is 0. The van der Waals surface area contributed by atoms with E-state index < -0.39 is 24.3 Å². The van der Waals surface area contributed by atoms with Crippen LogP contribution in [0, 0.1) is 0 Å². The first-order valence-electron chi connectivity index (χ1n) is 2.49. The molecule has 1 radical (unpaired) electrons. The molecular formula is C4H4F6MnO5. The fraction of sp³-hybridized carbons (Fsp3) is 0.500. The average Bonchev–Trinajstić information content (AvgIpc) is 1.83. The topological polar surface area (TPSA) is 106 Å². The van der Waals surface area contributed by atoms with Crippen LogP contribution in [0.4, 0.5) is 26.3 Å². The number of hydrogen-bond acceptors (Lipinski definition) is 2. The molecule has 5 nitrogen and oxygen atoms in total. The van der Waals surface area contributed by atoms with Crippen molar-refractivity contribution < 1.29 is 68.7 Å². The van der Waals surface area contributed by atoms with Gasteiger partial charge in [-0.3, -0.25) is 0 Å². The molecule has 0 aromatic rings. The number of hydrogen-bond donors (Lipinski definition) is 2.